The highest BCUT2D eigenvalue weighted by Gasteiger charge is 2.34. The number of nitrogens with one attached hydrogen (secondary N) is 1. The Morgan fingerprint density at radius 3 is 2.64 bits per heavy atom. The molecular formula is C16H8ClFN2O2. The van der Waals surface area contributed by atoms with Gasteiger partial charge in [-0.2, -0.15) is 0 Å². The normalized spacial score (nSPS) is 13.5. The van der Waals surface area contributed by atoms with Gasteiger partial charge in [0.1, 0.15) is 11.5 Å². The van der Waals surface area contributed by atoms with E-state index in [4.69, 9.17) is 11.6 Å². The molecule has 4 rings (SSSR count). The summed E-state index contributed by atoms with van der Waals surface area (Å²) in [5.74, 6) is -1.01. The first kappa shape index (κ1) is 13.0. The first-order valence-electron chi connectivity index (χ1n) is 6.52. The fourth-order valence-corrected chi connectivity index (χ4v) is 3.01. The van der Waals surface area contributed by atoms with E-state index in [1.165, 1.54) is 10.6 Å². The van der Waals surface area contributed by atoms with Crippen molar-refractivity contribution >= 4 is 34.4 Å². The molecule has 0 aliphatic carbocycles. The lowest BCUT2D eigenvalue weighted by Gasteiger charge is -2.04. The van der Waals surface area contributed by atoms with Crippen molar-refractivity contribution in [3.05, 3.63) is 59.0 Å². The zero-order valence-electron chi connectivity index (χ0n) is 11.1. The molecule has 3 aromatic rings. The Bertz CT molecular complexity index is 978. The molecule has 0 unspecified atom stereocenters. The van der Waals surface area contributed by atoms with Gasteiger partial charge in [0.25, 0.3) is 5.91 Å². The van der Waals surface area contributed by atoms with Gasteiger partial charge in [-0.15, -0.1) is 0 Å². The highest BCUT2D eigenvalue weighted by Crippen LogP contribution is 2.38. The van der Waals surface area contributed by atoms with Gasteiger partial charge in [-0.3, -0.25) is 14.7 Å². The predicted octanol–water partition coefficient (Wildman–Crippen LogP) is 3.81. The molecule has 1 aliphatic rings. The Kier molecular flexibility index (Phi) is 2.62. The second kappa shape index (κ2) is 4.42. The van der Waals surface area contributed by atoms with Crippen molar-refractivity contribution in [2.75, 3.05) is 0 Å². The van der Waals surface area contributed by atoms with E-state index in [9.17, 15) is 14.0 Å². The number of hydrogen-bond donors (Lipinski definition) is 1. The molecule has 0 saturated heterocycles. The Morgan fingerprint density at radius 1 is 1.09 bits per heavy atom. The SMILES string of the molecule is O=C1NC(=O)n2c1c(-c1ccccc1F)c1cc(Cl)ccc12. The number of nitrogens with zero attached hydrogens (tertiary/aromatic N) is 1. The largest absolute Gasteiger partial charge is 0.333 e. The fraction of sp³-hybridized carbons (Fsp3) is 0. The lowest BCUT2D eigenvalue weighted by Crippen LogP contribution is -2.22. The van der Waals surface area contributed by atoms with E-state index in [1.54, 1.807) is 36.4 Å². The van der Waals surface area contributed by atoms with E-state index in [0.29, 0.717) is 21.5 Å². The number of carbonyl (C=O) groups excluding carboxylic acids is 2. The molecule has 4 nitrogen and oxygen atoms in total. The minimum absolute atomic E-state index is 0.132. The Hall–Kier alpha value is -2.66. The van der Waals surface area contributed by atoms with Crippen LogP contribution in [0.1, 0.15) is 10.5 Å². The lowest BCUT2D eigenvalue weighted by molar-refractivity contribution is 0.0977. The maximum atomic E-state index is 14.2. The predicted molar refractivity (Wildman–Crippen MR) is 80.6 cm³/mol. The molecule has 1 aliphatic heterocycles. The van der Waals surface area contributed by atoms with Gasteiger partial charge < -0.3 is 0 Å². The summed E-state index contributed by atoms with van der Waals surface area (Å²) in [4.78, 5) is 24.1. The molecule has 0 atom stereocenters. The van der Waals surface area contributed by atoms with Crippen molar-refractivity contribution < 1.29 is 14.0 Å². The van der Waals surface area contributed by atoms with Crippen LogP contribution in [0.15, 0.2) is 42.5 Å². The molecule has 2 aromatic carbocycles. The summed E-state index contributed by atoms with van der Waals surface area (Å²) >= 11 is 6.02. The van der Waals surface area contributed by atoms with E-state index < -0.39 is 17.8 Å². The summed E-state index contributed by atoms with van der Waals surface area (Å²) < 4.78 is 15.5. The highest BCUT2D eigenvalue weighted by atomic mass is 35.5. The van der Waals surface area contributed by atoms with Crippen LogP contribution in [0.25, 0.3) is 22.0 Å². The van der Waals surface area contributed by atoms with E-state index in [0.717, 1.165) is 0 Å². The number of amides is 2. The number of aromatic nitrogens is 1. The summed E-state index contributed by atoms with van der Waals surface area (Å²) in [7, 11) is 0. The van der Waals surface area contributed by atoms with Crippen LogP contribution in [0.2, 0.25) is 5.02 Å². The first-order chi connectivity index (χ1) is 10.6. The molecule has 0 spiro atoms. The van der Waals surface area contributed by atoms with Crippen molar-refractivity contribution in [1.29, 1.82) is 0 Å². The summed E-state index contributed by atoms with van der Waals surface area (Å²) in [6.07, 6.45) is 0. The van der Waals surface area contributed by atoms with Crippen LogP contribution in [-0.2, 0) is 0 Å². The van der Waals surface area contributed by atoms with Gasteiger partial charge in [0.2, 0.25) is 0 Å². The molecular weight excluding hydrogens is 307 g/mol. The molecule has 0 saturated carbocycles. The molecule has 2 heterocycles. The van der Waals surface area contributed by atoms with Crippen LogP contribution in [0.4, 0.5) is 9.18 Å². The van der Waals surface area contributed by atoms with Crippen LogP contribution in [-0.4, -0.2) is 16.5 Å². The lowest BCUT2D eigenvalue weighted by atomic mass is 10.0. The van der Waals surface area contributed by atoms with Gasteiger partial charge in [-0.25, -0.2) is 9.18 Å². The Balaban J connectivity index is 2.21. The van der Waals surface area contributed by atoms with Crippen molar-refractivity contribution in [3.63, 3.8) is 0 Å². The minimum atomic E-state index is -0.546. The smallest absolute Gasteiger partial charge is 0.272 e. The van der Waals surface area contributed by atoms with Crippen LogP contribution >= 0.6 is 11.6 Å². The van der Waals surface area contributed by atoms with Crippen LogP contribution in [0.5, 0.6) is 0 Å². The number of halogens is 2. The average Bonchev–Trinajstić information content (AvgIpc) is 2.96. The molecule has 0 bridgehead atoms. The average molecular weight is 315 g/mol. The number of carbonyl (C=O) groups is 2. The molecule has 108 valence electrons. The summed E-state index contributed by atoms with van der Waals surface area (Å²) in [6.45, 7) is 0. The third-order valence-corrected chi connectivity index (χ3v) is 3.95. The molecule has 2 amide bonds. The van der Waals surface area contributed by atoms with Crippen molar-refractivity contribution in [1.82, 2.24) is 9.88 Å². The first-order valence-corrected chi connectivity index (χ1v) is 6.90. The molecule has 6 heteroatoms. The zero-order valence-corrected chi connectivity index (χ0v) is 11.8. The minimum Gasteiger partial charge on any atom is -0.272 e. The van der Waals surface area contributed by atoms with Crippen LogP contribution in [0, 0.1) is 5.82 Å². The second-order valence-corrected chi connectivity index (χ2v) is 5.40. The van der Waals surface area contributed by atoms with E-state index in [2.05, 4.69) is 5.32 Å². The highest BCUT2D eigenvalue weighted by molar-refractivity contribution is 6.32. The van der Waals surface area contributed by atoms with E-state index in [1.807, 2.05) is 0 Å². The van der Waals surface area contributed by atoms with Gasteiger partial charge in [-0.05, 0) is 24.3 Å². The maximum absolute atomic E-state index is 14.2. The molecule has 0 fully saturated rings. The molecule has 1 N–H and O–H groups in total. The van der Waals surface area contributed by atoms with Crippen molar-refractivity contribution in [2.45, 2.75) is 0 Å². The monoisotopic (exact) mass is 314 g/mol. The number of hydrogen-bond acceptors (Lipinski definition) is 2. The van der Waals surface area contributed by atoms with Gasteiger partial charge in [-0.1, -0.05) is 29.8 Å². The number of imide groups is 1. The number of benzene rings is 2. The van der Waals surface area contributed by atoms with E-state index in [-0.39, 0.29) is 11.3 Å². The van der Waals surface area contributed by atoms with Crippen LogP contribution < -0.4 is 5.32 Å². The number of rotatable bonds is 1. The second-order valence-electron chi connectivity index (χ2n) is 4.96. The Morgan fingerprint density at radius 2 is 1.86 bits per heavy atom. The summed E-state index contributed by atoms with van der Waals surface area (Å²) in [5.41, 5.74) is 1.28. The van der Waals surface area contributed by atoms with Crippen molar-refractivity contribution in [3.8, 4) is 11.1 Å². The van der Waals surface area contributed by atoms with Gasteiger partial charge in [0, 0.05) is 21.5 Å². The quantitative estimate of drug-likeness (QED) is 0.742. The molecule has 22 heavy (non-hydrogen) atoms. The van der Waals surface area contributed by atoms with Gasteiger partial charge in [0.15, 0.2) is 0 Å². The summed E-state index contributed by atoms with van der Waals surface area (Å²) in [6, 6.07) is 10.5. The molecule has 1 aromatic heterocycles. The van der Waals surface area contributed by atoms with Gasteiger partial charge in [0.05, 0.1) is 5.52 Å². The maximum Gasteiger partial charge on any atom is 0.333 e. The van der Waals surface area contributed by atoms with E-state index >= 15 is 0 Å². The zero-order chi connectivity index (χ0) is 15.4. The molecule has 0 radical (unpaired) electrons. The number of fused-ring (bicyclic) bond motifs is 3. The topological polar surface area (TPSA) is 51.1 Å². The van der Waals surface area contributed by atoms with Crippen molar-refractivity contribution in [2.24, 2.45) is 0 Å². The van der Waals surface area contributed by atoms with Gasteiger partial charge >= 0.3 is 6.03 Å². The summed E-state index contributed by atoms with van der Waals surface area (Å²) in [5, 5.41) is 3.24. The third kappa shape index (κ3) is 1.63. The standard InChI is InChI=1S/C16H8ClFN2O2/c17-8-5-6-12-10(7-8)13(9-3-1-2-4-11(9)18)14-15(21)19-16(22)20(12)14/h1-7H,(H,19,21,22). The Labute approximate surface area is 129 Å². The fourth-order valence-electron chi connectivity index (χ4n) is 2.84. The van der Waals surface area contributed by atoms with Crippen LogP contribution in [0.3, 0.4) is 0 Å². The third-order valence-electron chi connectivity index (χ3n) is 3.71.